The summed E-state index contributed by atoms with van der Waals surface area (Å²) in [6.07, 6.45) is 4.25. The second-order valence-corrected chi connectivity index (χ2v) is 9.82. The molecule has 4 aliphatic rings. The Morgan fingerprint density at radius 3 is 2.86 bits per heavy atom. The van der Waals surface area contributed by atoms with Gasteiger partial charge in [0.25, 0.3) is 0 Å². The molecule has 1 aromatic carbocycles. The van der Waals surface area contributed by atoms with Crippen molar-refractivity contribution in [1.82, 2.24) is 0 Å². The summed E-state index contributed by atoms with van der Waals surface area (Å²) in [4.78, 5) is 18.4. The zero-order valence-corrected chi connectivity index (χ0v) is 16.7. The molecule has 1 spiro atoms. The number of phosphoric acid groups is 1. The van der Waals surface area contributed by atoms with Crippen LogP contribution >= 0.6 is 7.82 Å². The van der Waals surface area contributed by atoms with Crippen LogP contribution in [-0.2, 0) is 20.9 Å². The molecule has 6 atom stereocenters. The van der Waals surface area contributed by atoms with E-state index in [0.717, 1.165) is 29.7 Å². The molecular formula is C19H25NO7P+. The van der Waals surface area contributed by atoms with Gasteiger partial charge in [-0.25, -0.2) is 9.09 Å². The van der Waals surface area contributed by atoms with E-state index in [1.165, 1.54) is 0 Å². The third-order valence-corrected chi connectivity index (χ3v) is 7.72. The van der Waals surface area contributed by atoms with Gasteiger partial charge in [0, 0.05) is 24.3 Å². The van der Waals surface area contributed by atoms with E-state index in [2.05, 4.69) is 12.1 Å². The number of ether oxygens (including phenoxy) is 2. The Morgan fingerprint density at radius 1 is 1.36 bits per heavy atom. The first-order valence-electron chi connectivity index (χ1n) is 9.47. The van der Waals surface area contributed by atoms with E-state index < -0.39 is 13.9 Å². The lowest BCUT2D eigenvalue weighted by atomic mass is 9.53. The molecule has 1 unspecified atom stereocenters. The third kappa shape index (κ3) is 2.33. The average Bonchev–Trinajstić information content (AvgIpc) is 3.00. The Bertz CT molecular complexity index is 914. The number of phosphoric ester groups is 1. The van der Waals surface area contributed by atoms with Gasteiger partial charge in [-0.1, -0.05) is 18.2 Å². The van der Waals surface area contributed by atoms with Crippen molar-refractivity contribution in [3.05, 3.63) is 35.4 Å². The topological polar surface area (TPSA) is 105 Å². The Balaban J connectivity index is 1.65. The van der Waals surface area contributed by atoms with Crippen molar-refractivity contribution in [2.75, 3.05) is 27.4 Å². The smallest absolute Gasteiger partial charge is 0.474 e. The molecular weight excluding hydrogens is 385 g/mol. The number of quaternary nitrogens is 1. The lowest BCUT2D eigenvalue weighted by Crippen LogP contribution is -2.71. The molecule has 9 heteroatoms. The van der Waals surface area contributed by atoms with E-state index in [4.69, 9.17) is 14.0 Å². The molecule has 0 amide bonds. The molecule has 2 aliphatic carbocycles. The average molecular weight is 410 g/mol. The van der Waals surface area contributed by atoms with Crippen LogP contribution in [0.3, 0.4) is 0 Å². The zero-order valence-electron chi connectivity index (χ0n) is 15.8. The fourth-order valence-corrected chi connectivity index (χ4v) is 6.43. The highest BCUT2D eigenvalue weighted by atomic mass is 31.2. The van der Waals surface area contributed by atoms with E-state index >= 15 is 0 Å². The van der Waals surface area contributed by atoms with Crippen molar-refractivity contribution < 1.29 is 37.9 Å². The number of aliphatic hydroxyl groups excluding tert-OH is 1. The van der Waals surface area contributed by atoms with Gasteiger partial charge in [-0.15, -0.1) is 0 Å². The van der Waals surface area contributed by atoms with Crippen LogP contribution in [-0.4, -0.2) is 65.1 Å². The van der Waals surface area contributed by atoms with Crippen LogP contribution in [0.1, 0.15) is 17.5 Å². The fourth-order valence-electron chi connectivity index (χ4n) is 6.01. The van der Waals surface area contributed by atoms with Crippen molar-refractivity contribution in [3.8, 4) is 11.5 Å². The first-order chi connectivity index (χ1) is 13.2. The number of likely N-dealkylation sites (N-methyl/N-ethyl adjacent to an activating group) is 1. The van der Waals surface area contributed by atoms with Crippen molar-refractivity contribution in [2.24, 2.45) is 5.92 Å². The number of methoxy groups -OCH3 is 1. The monoisotopic (exact) mass is 410 g/mol. The molecule has 0 saturated carbocycles. The molecule has 2 bridgehead atoms. The molecule has 2 heterocycles. The van der Waals surface area contributed by atoms with E-state index in [0.29, 0.717) is 16.8 Å². The Hall–Kier alpha value is -1.41. The summed E-state index contributed by atoms with van der Waals surface area (Å²) in [5.41, 5.74) is 1.95. The van der Waals surface area contributed by atoms with Gasteiger partial charge in [-0.2, -0.15) is 0 Å². The van der Waals surface area contributed by atoms with Gasteiger partial charge in [0.15, 0.2) is 18.2 Å². The largest absolute Gasteiger partial charge is 0.493 e. The van der Waals surface area contributed by atoms with Crippen LogP contribution in [0, 0.1) is 5.92 Å². The number of benzene rings is 1. The number of aliphatic hydroxyl groups is 1. The van der Waals surface area contributed by atoms with Crippen LogP contribution in [0.4, 0.5) is 0 Å². The zero-order chi connectivity index (χ0) is 19.9. The molecule has 8 nitrogen and oxygen atoms in total. The lowest BCUT2D eigenvalue weighted by molar-refractivity contribution is -0.957. The molecule has 0 radical (unpaired) electrons. The summed E-state index contributed by atoms with van der Waals surface area (Å²) in [5, 5.41) is 10.7. The van der Waals surface area contributed by atoms with Gasteiger partial charge in [0.2, 0.25) is 0 Å². The number of piperidine rings is 1. The fraction of sp³-hybridized carbons (Fsp3) is 0.579. The summed E-state index contributed by atoms with van der Waals surface area (Å²) in [6.45, 7) is 0.624. The first kappa shape index (κ1) is 18.6. The summed E-state index contributed by atoms with van der Waals surface area (Å²) < 4.78 is 28.5. The second kappa shape index (κ2) is 5.81. The number of nitrogens with zero attached hydrogens (tertiary/aromatic N) is 1. The van der Waals surface area contributed by atoms with E-state index in [1.54, 1.807) is 13.2 Å². The maximum atomic E-state index is 11.3. The predicted octanol–water partition coefficient (Wildman–Crippen LogP) is 1.08. The van der Waals surface area contributed by atoms with Crippen LogP contribution in [0.5, 0.6) is 11.5 Å². The summed E-state index contributed by atoms with van der Waals surface area (Å²) >= 11 is 0. The van der Waals surface area contributed by atoms with Gasteiger partial charge in [0.1, 0.15) is 18.2 Å². The highest BCUT2D eigenvalue weighted by Crippen LogP contribution is 2.63. The molecule has 1 fully saturated rings. The number of hydrogen-bond donors (Lipinski definition) is 3. The van der Waals surface area contributed by atoms with E-state index in [-0.39, 0.29) is 30.2 Å². The minimum absolute atomic E-state index is 0.0538. The molecule has 0 aromatic heterocycles. The molecule has 28 heavy (non-hydrogen) atoms. The molecule has 1 saturated heterocycles. The molecule has 5 rings (SSSR count). The van der Waals surface area contributed by atoms with Gasteiger partial charge < -0.3 is 24.4 Å². The summed E-state index contributed by atoms with van der Waals surface area (Å²) in [5.74, 6) is 1.50. The summed E-state index contributed by atoms with van der Waals surface area (Å²) in [7, 11) is -0.940. The minimum atomic E-state index is -4.55. The van der Waals surface area contributed by atoms with Crippen LogP contribution < -0.4 is 9.47 Å². The maximum Gasteiger partial charge on any atom is 0.474 e. The van der Waals surface area contributed by atoms with Crippen LogP contribution in [0.2, 0.25) is 0 Å². The highest BCUT2D eigenvalue weighted by Gasteiger charge is 2.68. The molecule has 2 aliphatic heterocycles. The van der Waals surface area contributed by atoms with Gasteiger partial charge >= 0.3 is 7.82 Å². The standard InChI is InChI=1S/C19H24NO7P/c1-20(10-26-28(22,23)24)8-7-19-12-4-5-14(21)18(19)27-17-15(25-2)6-3-11(16(17)19)9-13(12)20/h3-6,12-14,18,21H,7-10H2,1-2H3,(H-,22,23,24)/p+1/t12-,13+,14-,18-,19-,20?/m0/s1. The Morgan fingerprint density at radius 2 is 2.14 bits per heavy atom. The normalized spacial score (nSPS) is 40.0. The van der Waals surface area contributed by atoms with Crippen LogP contribution in [0.25, 0.3) is 0 Å². The summed E-state index contributed by atoms with van der Waals surface area (Å²) in [6, 6.07) is 4.02. The van der Waals surface area contributed by atoms with Crippen molar-refractivity contribution in [1.29, 1.82) is 0 Å². The quantitative estimate of drug-likeness (QED) is 0.388. The lowest BCUT2D eigenvalue weighted by Gasteiger charge is -2.59. The molecule has 1 aromatic rings. The van der Waals surface area contributed by atoms with Gasteiger partial charge in [-0.05, 0) is 11.6 Å². The van der Waals surface area contributed by atoms with Crippen molar-refractivity contribution >= 4 is 7.82 Å². The number of likely N-dealkylation sites (tertiary alicyclic amines) is 1. The Kier molecular flexibility index (Phi) is 3.86. The van der Waals surface area contributed by atoms with Gasteiger partial charge in [-0.3, -0.25) is 4.48 Å². The third-order valence-electron chi connectivity index (χ3n) is 7.27. The van der Waals surface area contributed by atoms with Crippen molar-refractivity contribution in [2.45, 2.75) is 36.5 Å². The number of hydrogen-bond acceptors (Lipinski definition) is 5. The maximum absolute atomic E-state index is 11.3. The highest BCUT2D eigenvalue weighted by molar-refractivity contribution is 7.46. The second-order valence-electron chi connectivity index (χ2n) is 8.58. The predicted molar refractivity (Wildman–Crippen MR) is 98.9 cm³/mol. The van der Waals surface area contributed by atoms with E-state index in [9.17, 15) is 19.5 Å². The Labute approximate surface area is 163 Å². The minimum Gasteiger partial charge on any atom is -0.493 e. The first-order valence-corrected chi connectivity index (χ1v) is 11.0. The van der Waals surface area contributed by atoms with Crippen molar-refractivity contribution in [3.63, 3.8) is 0 Å². The van der Waals surface area contributed by atoms with Crippen LogP contribution in [0.15, 0.2) is 24.3 Å². The number of rotatable bonds is 4. The SMILES string of the molecule is COc1ccc2c3c1O[C@H]1[C@@H](O)C=C[C@H]4[C@@H](C2)[N+](C)(COP(=O)(O)O)CC[C@@]341. The van der Waals surface area contributed by atoms with Gasteiger partial charge in [0.05, 0.1) is 26.1 Å². The molecule has 152 valence electrons. The molecule has 3 N–H and O–H groups in total. The van der Waals surface area contributed by atoms with E-state index in [1.807, 2.05) is 13.1 Å².